The third-order valence-corrected chi connectivity index (χ3v) is 2.39. The Morgan fingerprint density at radius 2 is 2.38 bits per heavy atom. The van der Waals surface area contributed by atoms with Crippen LogP contribution in [0.15, 0.2) is 18.5 Å². The van der Waals surface area contributed by atoms with Gasteiger partial charge in [0.25, 0.3) is 0 Å². The smallest absolute Gasteiger partial charge is 0.137 e. The monoisotopic (exact) mass is 213 g/mol. The summed E-state index contributed by atoms with van der Waals surface area (Å²) in [6, 6.07) is 2.18. The number of aromatic nitrogens is 2. The van der Waals surface area contributed by atoms with Crippen LogP contribution in [0.3, 0.4) is 0 Å². The molecule has 0 amide bonds. The van der Waals surface area contributed by atoms with Crippen molar-refractivity contribution < 1.29 is 0 Å². The molecule has 2 aromatic rings. The van der Waals surface area contributed by atoms with Crippen molar-refractivity contribution in [3.63, 3.8) is 0 Å². The van der Waals surface area contributed by atoms with E-state index in [1.54, 1.807) is 6.20 Å². The van der Waals surface area contributed by atoms with Gasteiger partial charge in [-0.15, -0.1) is 0 Å². The van der Waals surface area contributed by atoms with E-state index >= 15 is 0 Å². The molecule has 0 saturated carbocycles. The summed E-state index contributed by atoms with van der Waals surface area (Å²) in [5, 5.41) is 1.13. The van der Waals surface area contributed by atoms with Crippen LogP contribution in [0.25, 0.3) is 11.0 Å². The van der Waals surface area contributed by atoms with Crippen LogP contribution in [0.1, 0.15) is 24.5 Å². The first-order valence-electron chi connectivity index (χ1n) is 5.35. The van der Waals surface area contributed by atoms with Crippen molar-refractivity contribution in [2.24, 2.45) is 5.73 Å². The highest BCUT2D eigenvalue weighted by molar-refractivity contribution is 5.80. The normalized spacial score (nSPS) is 12.2. The fourth-order valence-electron chi connectivity index (χ4n) is 1.52. The molecule has 3 heteroatoms. The van der Waals surface area contributed by atoms with Gasteiger partial charge in [0.1, 0.15) is 5.65 Å². The Kier molecular flexibility index (Phi) is 2.93. The van der Waals surface area contributed by atoms with E-state index in [0.717, 1.165) is 16.6 Å². The number of aromatic amines is 1. The molecule has 0 saturated heterocycles. The fourth-order valence-corrected chi connectivity index (χ4v) is 1.52. The highest BCUT2D eigenvalue weighted by Crippen LogP contribution is 2.15. The number of rotatable bonds is 1. The fraction of sp³-hybridized carbons (Fsp3) is 0.308. The van der Waals surface area contributed by atoms with Crippen LogP contribution >= 0.6 is 0 Å². The maximum atomic E-state index is 5.63. The largest absolute Gasteiger partial charge is 0.346 e. The Bertz CT molecular complexity index is 555. The lowest BCUT2D eigenvalue weighted by atomic mass is 10.2. The van der Waals surface area contributed by atoms with Crippen molar-refractivity contribution in [1.82, 2.24) is 9.97 Å². The Morgan fingerprint density at radius 1 is 1.56 bits per heavy atom. The third-order valence-electron chi connectivity index (χ3n) is 2.39. The van der Waals surface area contributed by atoms with Crippen molar-refractivity contribution in [2.45, 2.75) is 26.3 Å². The number of fused-ring (bicyclic) bond motifs is 1. The Hall–Kier alpha value is -1.79. The molecule has 3 nitrogen and oxygen atoms in total. The van der Waals surface area contributed by atoms with Crippen LogP contribution in [0.2, 0.25) is 0 Å². The lowest BCUT2D eigenvalue weighted by molar-refractivity contribution is 0.771. The van der Waals surface area contributed by atoms with Crippen LogP contribution in [0.5, 0.6) is 0 Å². The van der Waals surface area contributed by atoms with Gasteiger partial charge >= 0.3 is 0 Å². The van der Waals surface area contributed by atoms with Crippen molar-refractivity contribution in [3.8, 4) is 11.8 Å². The molecule has 0 radical (unpaired) electrons. The molecule has 1 atom stereocenters. The number of pyridine rings is 1. The number of H-pyrrole nitrogens is 1. The molecule has 2 aromatic heterocycles. The first kappa shape index (κ1) is 10.7. The van der Waals surface area contributed by atoms with E-state index in [1.807, 2.05) is 13.1 Å². The second-order valence-corrected chi connectivity index (χ2v) is 4.08. The first-order valence-corrected chi connectivity index (χ1v) is 5.35. The van der Waals surface area contributed by atoms with Gasteiger partial charge < -0.3 is 10.7 Å². The predicted molar refractivity (Wildman–Crippen MR) is 66.0 cm³/mol. The molecule has 0 spiro atoms. The lowest BCUT2D eigenvalue weighted by Gasteiger charge is -1.95. The molecule has 0 unspecified atom stereocenters. The molecule has 0 aromatic carbocycles. The zero-order valence-electron chi connectivity index (χ0n) is 9.54. The van der Waals surface area contributed by atoms with Crippen molar-refractivity contribution in [1.29, 1.82) is 0 Å². The number of aryl methyl sites for hydroxylation is 1. The summed E-state index contributed by atoms with van der Waals surface area (Å²) in [6.07, 6.45) is 4.45. The van der Waals surface area contributed by atoms with Gasteiger partial charge in [0.05, 0.1) is 0 Å². The highest BCUT2D eigenvalue weighted by Gasteiger charge is 2.00. The zero-order chi connectivity index (χ0) is 11.5. The minimum atomic E-state index is 0.123. The molecule has 0 aliphatic carbocycles. The van der Waals surface area contributed by atoms with Gasteiger partial charge in [-0.2, -0.15) is 0 Å². The second kappa shape index (κ2) is 4.38. The molecule has 0 aliphatic heterocycles. The molecule has 0 bridgehead atoms. The van der Waals surface area contributed by atoms with E-state index in [9.17, 15) is 0 Å². The summed E-state index contributed by atoms with van der Waals surface area (Å²) < 4.78 is 0. The molecule has 3 N–H and O–H groups in total. The van der Waals surface area contributed by atoms with Crippen LogP contribution in [0, 0.1) is 18.8 Å². The van der Waals surface area contributed by atoms with Gasteiger partial charge in [0, 0.05) is 35.8 Å². The number of hydrogen-bond acceptors (Lipinski definition) is 2. The maximum Gasteiger partial charge on any atom is 0.137 e. The number of nitrogens with zero attached hydrogens (tertiary/aromatic N) is 1. The topological polar surface area (TPSA) is 54.7 Å². The van der Waals surface area contributed by atoms with Gasteiger partial charge in [-0.3, -0.25) is 0 Å². The summed E-state index contributed by atoms with van der Waals surface area (Å²) in [4.78, 5) is 7.42. The summed E-state index contributed by atoms with van der Waals surface area (Å²) in [6.45, 7) is 4.01. The average molecular weight is 213 g/mol. The van der Waals surface area contributed by atoms with Crippen molar-refractivity contribution in [3.05, 3.63) is 29.6 Å². The van der Waals surface area contributed by atoms with Crippen molar-refractivity contribution in [2.75, 3.05) is 0 Å². The van der Waals surface area contributed by atoms with Crippen LogP contribution in [-0.2, 0) is 0 Å². The van der Waals surface area contributed by atoms with Gasteiger partial charge in [-0.25, -0.2) is 4.98 Å². The zero-order valence-corrected chi connectivity index (χ0v) is 9.54. The molecular formula is C13H15N3. The van der Waals surface area contributed by atoms with Gasteiger partial charge in [-0.05, 0) is 25.5 Å². The summed E-state index contributed by atoms with van der Waals surface area (Å²) in [5.74, 6) is 6.13. The van der Waals surface area contributed by atoms with E-state index in [-0.39, 0.29) is 6.04 Å². The van der Waals surface area contributed by atoms with E-state index in [4.69, 9.17) is 5.73 Å². The molecule has 82 valence electrons. The number of nitrogens with two attached hydrogens (primary N) is 1. The third kappa shape index (κ3) is 2.23. The Labute approximate surface area is 95.1 Å². The van der Waals surface area contributed by atoms with E-state index in [2.05, 4.69) is 34.8 Å². The highest BCUT2D eigenvalue weighted by atomic mass is 14.8. The minimum absolute atomic E-state index is 0.123. The van der Waals surface area contributed by atoms with Gasteiger partial charge in [-0.1, -0.05) is 11.8 Å². The predicted octanol–water partition coefficient (Wildman–Crippen LogP) is 1.96. The molecule has 0 fully saturated rings. The number of nitrogens with one attached hydrogen (secondary N) is 1. The maximum absolute atomic E-state index is 5.63. The van der Waals surface area contributed by atoms with Gasteiger partial charge in [0.2, 0.25) is 0 Å². The molecular weight excluding hydrogens is 198 g/mol. The molecule has 2 heterocycles. The molecule has 16 heavy (non-hydrogen) atoms. The second-order valence-electron chi connectivity index (χ2n) is 4.08. The first-order chi connectivity index (χ1) is 7.66. The lowest BCUT2D eigenvalue weighted by Crippen LogP contribution is -2.12. The van der Waals surface area contributed by atoms with Gasteiger partial charge in [0.15, 0.2) is 0 Å². The average Bonchev–Trinajstić information content (AvgIpc) is 2.60. The molecule has 2 rings (SSSR count). The van der Waals surface area contributed by atoms with Crippen LogP contribution < -0.4 is 5.73 Å². The standard InChI is InChI=1S/C13H15N3/c1-9-7-15-13-12(9)6-11(8-16-13)5-3-4-10(2)14/h6-8,10H,4,14H2,1-2H3,(H,15,16)/t10-/m0/s1. The van der Waals surface area contributed by atoms with Crippen LogP contribution in [0.4, 0.5) is 0 Å². The van der Waals surface area contributed by atoms with Crippen LogP contribution in [-0.4, -0.2) is 16.0 Å². The SMILES string of the molecule is Cc1c[nH]c2ncc(C#CC[C@H](C)N)cc12. The number of hydrogen-bond donors (Lipinski definition) is 2. The summed E-state index contributed by atoms with van der Waals surface area (Å²) >= 11 is 0. The summed E-state index contributed by atoms with van der Waals surface area (Å²) in [7, 11) is 0. The minimum Gasteiger partial charge on any atom is -0.346 e. The van der Waals surface area contributed by atoms with E-state index in [0.29, 0.717) is 6.42 Å². The van der Waals surface area contributed by atoms with E-state index < -0.39 is 0 Å². The Morgan fingerprint density at radius 3 is 3.12 bits per heavy atom. The van der Waals surface area contributed by atoms with E-state index in [1.165, 1.54) is 5.56 Å². The van der Waals surface area contributed by atoms with Crippen molar-refractivity contribution >= 4 is 11.0 Å². The molecule has 0 aliphatic rings. The quantitative estimate of drug-likeness (QED) is 0.711. The Balaban J connectivity index is 2.30. The summed E-state index contributed by atoms with van der Waals surface area (Å²) in [5.41, 5.74) is 8.68.